The van der Waals surface area contributed by atoms with Crippen LogP contribution in [0.2, 0.25) is 0 Å². The third kappa shape index (κ3) is 3.29. The standard InChI is InChI=1S/C30H40O3/c1-8-20-15-22(14-18(2)3)30-17-21-10-9-12-28(6,7)23(21)11-13-29(30,16-20)26(32)24(19(4)5)25(31)27(30)33/h8,10,14-15,19,22-23,31H,1,9,11-13,16-17H2,2-7H3/t22?,23-,29+,30-/m1/s1. The van der Waals surface area contributed by atoms with Crippen LogP contribution in [0.4, 0.5) is 0 Å². The van der Waals surface area contributed by atoms with Crippen molar-refractivity contribution in [1.82, 2.24) is 0 Å². The number of hydrogen-bond donors (Lipinski definition) is 1. The van der Waals surface area contributed by atoms with Gasteiger partial charge in [-0.1, -0.05) is 75.3 Å². The van der Waals surface area contributed by atoms with Crippen molar-refractivity contribution in [3.8, 4) is 0 Å². The minimum atomic E-state index is -0.982. The molecule has 4 rings (SSSR count). The third-order valence-corrected chi connectivity index (χ3v) is 9.16. The van der Waals surface area contributed by atoms with Gasteiger partial charge in [-0.2, -0.15) is 0 Å². The normalized spacial score (nSPS) is 35.6. The monoisotopic (exact) mass is 448 g/mol. The number of rotatable bonds is 3. The fourth-order valence-electron chi connectivity index (χ4n) is 7.56. The fourth-order valence-corrected chi connectivity index (χ4v) is 7.56. The van der Waals surface area contributed by atoms with Crippen molar-refractivity contribution in [3.05, 3.63) is 58.9 Å². The maximum Gasteiger partial charge on any atom is 0.205 e. The predicted molar refractivity (Wildman–Crippen MR) is 134 cm³/mol. The van der Waals surface area contributed by atoms with Crippen LogP contribution in [0.1, 0.15) is 80.1 Å². The van der Waals surface area contributed by atoms with E-state index < -0.39 is 10.8 Å². The Morgan fingerprint density at radius 2 is 1.85 bits per heavy atom. The zero-order chi connectivity index (χ0) is 24.3. The molecule has 0 radical (unpaired) electrons. The van der Waals surface area contributed by atoms with Crippen LogP contribution in [0.3, 0.4) is 0 Å². The van der Waals surface area contributed by atoms with Crippen LogP contribution in [-0.2, 0) is 9.59 Å². The van der Waals surface area contributed by atoms with Crippen LogP contribution < -0.4 is 0 Å². The first kappa shape index (κ1) is 24.0. The van der Waals surface area contributed by atoms with E-state index in [9.17, 15) is 14.7 Å². The summed E-state index contributed by atoms with van der Waals surface area (Å²) in [7, 11) is 0. The first-order chi connectivity index (χ1) is 15.4. The smallest absolute Gasteiger partial charge is 0.205 e. The van der Waals surface area contributed by atoms with Crippen molar-refractivity contribution in [1.29, 1.82) is 0 Å². The molecule has 178 valence electrons. The van der Waals surface area contributed by atoms with Gasteiger partial charge in [0.1, 0.15) is 0 Å². The number of allylic oxidation sites excluding steroid dienone is 9. The van der Waals surface area contributed by atoms with E-state index in [0.717, 1.165) is 30.4 Å². The molecule has 0 aromatic heterocycles. The molecular weight excluding hydrogens is 408 g/mol. The van der Waals surface area contributed by atoms with Gasteiger partial charge in [0, 0.05) is 11.5 Å². The lowest BCUT2D eigenvalue weighted by Crippen LogP contribution is -2.61. The van der Waals surface area contributed by atoms with Crippen molar-refractivity contribution in [2.24, 2.45) is 34.0 Å². The van der Waals surface area contributed by atoms with Crippen molar-refractivity contribution in [3.63, 3.8) is 0 Å². The molecule has 3 nitrogen and oxygen atoms in total. The first-order valence-corrected chi connectivity index (χ1v) is 12.6. The molecule has 0 amide bonds. The molecule has 4 aliphatic carbocycles. The quantitative estimate of drug-likeness (QED) is 0.464. The maximum atomic E-state index is 14.4. The van der Waals surface area contributed by atoms with Gasteiger partial charge >= 0.3 is 0 Å². The minimum Gasteiger partial charge on any atom is -0.504 e. The number of fused-ring (bicyclic) bond motifs is 1. The predicted octanol–water partition coefficient (Wildman–Crippen LogP) is 7.22. The molecular formula is C30H40O3. The number of Topliss-reactive ketones (excluding diaryl/α,β-unsaturated/α-hetero) is 2. The summed E-state index contributed by atoms with van der Waals surface area (Å²) in [5, 5.41) is 11.2. The number of aliphatic hydroxyl groups is 1. The van der Waals surface area contributed by atoms with Gasteiger partial charge in [0.15, 0.2) is 11.5 Å². The number of carbonyl (C=O) groups is 2. The first-order valence-electron chi connectivity index (χ1n) is 12.6. The highest BCUT2D eigenvalue weighted by Crippen LogP contribution is 2.67. The molecule has 0 spiro atoms. The summed E-state index contributed by atoms with van der Waals surface area (Å²) in [5.41, 5.74) is 2.10. The van der Waals surface area contributed by atoms with Crippen molar-refractivity contribution in [2.75, 3.05) is 0 Å². The highest BCUT2D eigenvalue weighted by molar-refractivity contribution is 6.17. The molecule has 1 saturated carbocycles. The van der Waals surface area contributed by atoms with Gasteiger partial charge in [-0.3, -0.25) is 9.59 Å². The van der Waals surface area contributed by atoms with Gasteiger partial charge in [0.25, 0.3) is 0 Å². The Balaban J connectivity index is 2.07. The summed E-state index contributed by atoms with van der Waals surface area (Å²) in [4.78, 5) is 28.8. The Labute approximate surface area is 199 Å². The van der Waals surface area contributed by atoms with E-state index in [1.54, 1.807) is 0 Å². The molecule has 0 aromatic carbocycles. The van der Waals surface area contributed by atoms with E-state index in [4.69, 9.17) is 0 Å². The van der Waals surface area contributed by atoms with E-state index in [0.29, 0.717) is 30.8 Å². The second kappa shape index (κ2) is 7.96. The topological polar surface area (TPSA) is 54.4 Å². The Morgan fingerprint density at radius 1 is 1.15 bits per heavy atom. The average Bonchev–Trinajstić information content (AvgIpc) is 2.88. The van der Waals surface area contributed by atoms with Crippen LogP contribution in [-0.4, -0.2) is 16.7 Å². The van der Waals surface area contributed by atoms with Crippen molar-refractivity contribution in [2.45, 2.75) is 80.1 Å². The molecule has 3 heteroatoms. The Kier molecular flexibility index (Phi) is 5.78. The molecule has 0 heterocycles. The van der Waals surface area contributed by atoms with Crippen LogP contribution in [0.25, 0.3) is 0 Å². The zero-order valence-corrected chi connectivity index (χ0v) is 21.3. The zero-order valence-electron chi connectivity index (χ0n) is 21.3. The summed E-state index contributed by atoms with van der Waals surface area (Å²) >= 11 is 0. The molecule has 0 aliphatic heterocycles. The fraction of sp³-hybridized carbons (Fsp3) is 0.600. The average molecular weight is 449 g/mol. The summed E-state index contributed by atoms with van der Waals surface area (Å²) < 4.78 is 0. The largest absolute Gasteiger partial charge is 0.504 e. The van der Waals surface area contributed by atoms with Gasteiger partial charge in [-0.15, -0.1) is 0 Å². The highest BCUT2D eigenvalue weighted by atomic mass is 16.3. The van der Waals surface area contributed by atoms with E-state index in [-0.39, 0.29) is 34.6 Å². The lowest BCUT2D eigenvalue weighted by Gasteiger charge is -2.56. The maximum absolute atomic E-state index is 14.4. The Bertz CT molecular complexity index is 1030. The third-order valence-electron chi connectivity index (χ3n) is 9.16. The summed E-state index contributed by atoms with van der Waals surface area (Å²) in [6.07, 6.45) is 13.3. The molecule has 1 unspecified atom stereocenters. The second-order valence-corrected chi connectivity index (χ2v) is 12.1. The molecule has 1 fully saturated rings. The molecule has 0 bridgehead atoms. The van der Waals surface area contributed by atoms with Crippen molar-refractivity contribution < 1.29 is 14.7 Å². The molecule has 1 N–H and O–H groups in total. The number of ketones is 2. The lowest BCUT2D eigenvalue weighted by molar-refractivity contribution is -0.155. The molecule has 0 saturated heterocycles. The van der Waals surface area contributed by atoms with E-state index in [1.807, 2.05) is 33.8 Å². The van der Waals surface area contributed by atoms with Crippen LogP contribution in [0, 0.1) is 34.0 Å². The van der Waals surface area contributed by atoms with Crippen LogP contribution in [0.15, 0.2) is 58.9 Å². The van der Waals surface area contributed by atoms with Crippen molar-refractivity contribution >= 4 is 11.6 Å². The van der Waals surface area contributed by atoms with Gasteiger partial charge < -0.3 is 5.11 Å². The van der Waals surface area contributed by atoms with Gasteiger partial charge in [0.05, 0.1) is 10.8 Å². The number of carbonyl (C=O) groups excluding carboxylic acids is 2. The highest BCUT2D eigenvalue weighted by Gasteiger charge is 2.69. The molecule has 4 atom stereocenters. The number of aliphatic hydroxyl groups excluding tert-OH is 1. The molecule has 4 aliphatic rings. The Morgan fingerprint density at radius 3 is 2.45 bits per heavy atom. The van der Waals surface area contributed by atoms with E-state index in [2.05, 4.69) is 38.7 Å². The van der Waals surface area contributed by atoms with E-state index >= 15 is 0 Å². The summed E-state index contributed by atoms with van der Waals surface area (Å²) in [6, 6.07) is 0. The van der Waals surface area contributed by atoms with Crippen LogP contribution >= 0.6 is 0 Å². The van der Waals surface area contributed by atoms with Crippen LogP contribution in [0.5, 0.6) is 0 Å². The molecule has 33 heavy (non-hydrogen) atoms. The minimum absolute atomic E-state index is 0.00809. The summed E-state index contributed by atoms with van der Waals surface area (Å²) in [5.74, 6) is -0.615. The Hall–Kier alpha value is -2.16. The molecule has 0 aromatic rings. The SMILES string of the molecule is C=CC1=CC(C=C(C)C)[C@@]23CC4=CCCC(C)(C)[C@@H]4CC[C@]2(C1)C(=O)C(C(C)C)=C(O)C3=O. The second-order valence-electron chi connectivity index (χ2n) is 12.1. The van der Waals surface area contributed by atoms with Gasteiger partial charge in [-0.05, 0) is 69.6 Å². The lowest BCUT2D eigenvalue weighted by atomic mass is 9.43. The van der Waals surface area contributed by atoms with Gasteiger partial charge in [0.2, 0.25) is 5.78 Å². The van der Waals surface area contributed by atoms with Gasteiger partial charge in [-0.25, -0.2) is 0 Å². The summed E-state index contributed by atoms with van der Waals surface area (Å²) in [6.45, 7) is 16.6. The van der Waals surface area contributed by atoms with E-state index in [1.165, 1.54) is 5.57 Å². The number of hydrogen-bond acceptors (Lipinski definition) is 3.